The second-order valence-corrected chi connectivity index (χ2v) is 8.48. The van der Waals surface area contributed by atoms with Gasteiger partial charge < -0.3 is 10.1 Å². The first-order valence-corrected chi connectivity index (χ1v) is 10.4. The summed E-state index contributed by atoms with van der Waals surface area (Å²) in [5, 5.41) is 7.08. The van der Waals surface area contributed by atoms with Crippen LogP contribution in [0.25, 0.3) is 5.65 Å². The number of hydrogen-bond acceptors (Lipinski definition) is 6. The van der Waals surface area contributed by atoms with E-state index in [0.29, 0.717) is 22.6 Å². The van der Waals surface area contributed by atoms with E-state index in [0.717, 1.165) is 5.69 Å². The monoisotopic (exact) mass is 417 g/mol. The number of nitrogens with zero attached hydrogens (tertiary/aromatic N) is 3. The van der Waals surface area contributed by atoms with Gasteiger partial charge in [-0.3, -0.25) is 4.79 Å². The third-order valence-corrected chi connectivity index (χ3v) is 5.89. The Bertz CT molecular complexity index is 1140. The molecule has 29 heavy (non-hydrogen) atoms. The van der Waals surface area contributed by atoms with Gasteiger partial charge >= 0.3 is 0 Å². The molecular weight excluding hydrogens is 394 g/mol. The lowest BCUT2D eigenvalue weighted by atomic mass is 10.2. The number of nitrogens with one attached hydrogen (secondary N) is 2. The van der Waals surface area contributed by atoms with Crippen molar-refractivity contribution >= 4 is 27.3 Å². The number of anilines is 1. The fourth-order valence-corrected chi connectivity index (χ4v) is 4.15. The summed E-state index contributed by atoms with van der Waals surface area (Å²) in [4.78, 5) is 17.0. The van der Waals surface area contributed by atoms with Gasteiger partial charge in [-0.2, -0.15) is 5.10 Å². The minimum Gasteiger partial charge on any atom is -0.383 e. The highest BCUT2D eigenvalue weighted by molar-refractivity contribution is 7.89. The summed E-state index contributed by atoms with van der Waals surface area (Å²) in [6, 6.07) is 7.40. The number of sulfonamides is 1. The highest BCUT2D eigenvalue weighted by atomic mass is 32.2. The van der Waals surface area contributed by atoms with E-state index in [1.807, 2.05) is 13.0 Å². The largest absolute Gasteiger partial charge is 0.383 e. The number of hydrogen-bond donors (Lipinski definition) is 2. The van der Waals surface area contributed by atoms with Crippen LogP contribution in [0.1, 0.15) is 28.7 Å². The zero-order valence-corrected chi connectivity index (χ0v) is 17.4. The number of ether oxygens (including phenoxy) is 1. The van der Waals surface area contributed by atoms with Gasteiger partial charge in [-0.05, 0) is 45.0 Å². The van der Waals surface area contributed by atoms with Crippen LogP contribution >= 0.6 is 0 Å². The molecule has 3 aromatic rings. The maximum Gasteiger partial charge on any atom is 0.259 e. The molecule has 0 radical (unpaired) electrons. The summed E-state index contributed by atoms with van der Waals surface area (Å²) in [7, 11) is -2.17. The maximum atomic E-state index is 12.6. The molecule has 9 nitrogen and oxygen atoms in total. The Balaban J connectivity index is 1.76. The van der Waals surface area contributed by atoms with Gasteiger partial charge in [0.1, 0.15) is 0 Å². The van der Waals surface area contributed by atoms with E-state index in [2.05, 4.69) is 20.1 Å². The number of aryl methyl sites for hydroxylation is 2. The second kappa shape index (κ2) is 8.27. The maximum absolute atomic E-state index is 12.6. The third kappa shape index (κ3) is 4.61. The molecule has 0 spiro atoms. The zero-order valence-electron chi connectivity index (χ0n) is 16.6. The smallest absolute Gasteiger partial charge is 0.259 e. The summed E-state index contributed by atoms with van der Waals surface area (Å²) in [6.07, 6.45) is 1.50. The van der Waals surface area contributed by atoms with Crippen LogP contribution in [0.5, 0.6) is 0 Å². The molecule has 1 aromatic carbocycles. The fourth-order valence-electron chi connectivity index (χ4n) is 2.92. The van der Waals surface area contributed by atoms with Crippen LogP contribution in [0, 0.1) is 13.8 Å². The lowest BCUT2D eigenvalue weighted by molar-refractivity contribution is 0.102. The summed E-state index contributed by atoms with van der Waals surface area (Å²) in [6.45, 7) is 5.62. The van der Waals surface area contributed by atoms with E-state index in [9.17, 15) is 13.2 Å². The first-order chi connectivity index (χ1) is 13.7. The van der Waals surface area contributed by atoms with Crippen molar-refractivity contribution in [3.8, 4) is 0 Å². The van der Waals surface area contributed by atoms with Gasteiger partial charge in [0.25, 0.3) is 5.91 Å². The van der Waals surface area contributed by atoms with Crippen molar-refractivity contribution in [2.24, 2.45) is 0 Å². The molecule has 0 aliphatic rings. The van der Waals surface area contributed by atoms with Crippen molar-refractivity contribution in [3.63, 3.8) is 0 Å². The predicted molar refractivity (Wildman–Crippen MR) is 109 cm³/mol. The van der Waals surface area contributed by atoms with Crippen LogP contribution in [0.3, 0.4) is 0 Å². The van der Waals surface area contributed by atoms with Crippen LogP contribution in [0.15, 0.2) is 41.4 Å². The molecule has 154 valence electrons. The standard InChI is InChI=1S/C19H23N5O4S/c1-12-9-18-20-10-17(14(3)24(18)22-12)19(25)21-15-5-7-16(8-6-15)29(26,27)23-13(2)11-28-4/h5-10,13,23H,11H2,1-4H3,(H,21,25). The molecule has 1 atom stereocenters. The van der Waals surface area contributed by atoms with Crippen LogP contribution in [-0.2, 0) is 14.8 Å². The zero-order chi connectivity index (χ0) is 21.2. The quantitative estimate of drug-likeness (QED) is 0.607. The number of amides is 1. The molecule has 0 saturated heterocycles. The van der Waals surface area contributed by atoms with Gasteiger partial charge in [0.05, 0.1) is 28.5 Å². The molecule has 1 unspecified atom stereocenters. The van der Waals surface area contributed by atoms with E-state index < -0.39 is 10.0 Å². The molecule has 0 aliphatic carbocycles. The number of carbonyl (C=O) groups excluding carboxylic acids is 1. The van der Waals surface area contributed by atoms with Gasteiger partial charge in [-0.15, -0.1) is 0 Å². The lowest BCUT2D eigenvalue weighted by Gasteiger charge is -2.13. The molecule has 0 bridgehead atoms. The number of aromatic nitrogens is 3. The highest BCUT2D eigenvalue weighted by Gasteiger charge is 2.18. The van der Waals surface area contributed by atoms with E-state index in [1.54, 1.807) is 18.4 Å². The van der Waals surface area contributed by atoms with Crippen LogP contribution < -0.4 is 10.0 Å². The normalized spacial score (nSPS) is 12.8. The number of fused-ring (bicyclic) bond motifs is 1. The lowest BCUT2D eigenvalue weighted by Crippen LogP contribution is -2.35. The van der Waals surface area contributed by atoms with Crippen molar-refractivity contribution in [2.75, 3.05) is 19.0 Å². The minimum absolute atomic E-state index is 0.102. The van der Waals surface area contributed by atoms with Gasteiger partial charge in [-0.1, -0.05) is 0 Å². The van der Waals surface area contributed by atoms with E-state index in [-0.39, 0.29) is 23.5 Å². The summed E-state index contributed by atoms with van der Waals surface area (Å²) < 4.78 is 33.8. The van der Waals surface area contributed by atoms with Crippen LogP contribution in [0.2, 0.25) is 0 Å². The van der Waals surface area contributed by atoms with Gasteiger partial charge in [0.2, 0.25) is 10.0 Å². The molecule has 3 rings (SSSR count). The Kier molecular flexibility index (Phi) is 5.96. The number of benzene rings is 1. The molecule has 2 N–H and O–H groups in total. The molecule has 10 heteroatoms. The first kappa shape index (κ1) is 20.9. The van der Waals surface area contributed by atoms with Gasteiger partial charge in [-0.25, -0.2) is 22.6 Å². The molecule has 2 aromatic heterocycles. The van der Waals surface area contributed by atoms with Crippen molar-refractivity contribution in [3.05, 3.63) is 53.5 Å². The Labute approximate surface area is 169 Å². The molecular formula is C19H23N5O4S. The minimum atomic E-state index is -3.67. The number of methoxy groups -OCH3 is 1. The molecule has 0 fully saturated rings. The average Bonchev–Trinajstić information content (AvgIpc) is 3.03. The SMILES string of the molecule is COCC(C)NS(=O)(=O)c1ccc(NC(=O)c2cnc3cc(C)nn3c2C)cc1. The van der Waals surface area contributed by atoms with Crippen molar-refractivity contribution in [2.45, 2.75) is 31.7 Å². The second-order valence-electron chi connectivity index (χ2n) is 6.77. The fraction of sp³-hybridized carbons (Fsp3) is 0.316. The number of carbonyl (C=O) groups is 1. The topological polar surface area (TPSA) is 115 Å². The Hall–Kier alpha value is -2.82. The average molecular weight is 417 g/mol. The van der Waals surface area contributed by atoms with Gasteiger partial charge in [0.15, 0.2) is 5.65 Å². The van der Waals surface area contributed by atoms with Crippen molar-refractivity contribution < 1.29 is 17.9 Å². The summed E-state index contributed by atoms with van der Waals surface area (Å²) in [5.41, 5.74) is 2.99. The highest BCUT2D eigenvalue weighted by Crippen LogP contribution is 2.17. The van der Waals surface area contributed by atoms with E-state index in [1.165, 1.54) is 37.6 Å². The Morgan fingerprint density at radius 1 is 1.24 bits per heavy atom. The van der Waals surface area contributed by atoms with Crippen LogP contribution in [-0.4, -0.2) is 48.7 Å². The van der Waals surface area contributed by atoms with Crippen molar-refractivity contribution in [1.29, 1.82) is 0 Å². The number of rotatable bonds is 7. The van der Waals surface area contributed by atoms with Gasteiger partial charge in [0, 0.05) is 31.1 Å². The summed E-state index contributed by atoms with van der Waals surface area (Å²) in [5.74, 6) is -0.354. The molecule has 0 aliphatic heterocycles. The Morgan fingerprint density at radius 2 is 1.93 bits per heavy atom. The summed E-state index contributed by atoms with van der Waals surface area (Å²) >= 11 is 0. The molecule has 0 saturated carbocycles. The Morgan fingerprint density at radius 3 is 2.59 bits per heavy atom. The third-order valence-electron chi connectivity index (χ3n) is 4.29. The molecule has 2 heterocycles. The predicted octanol–water partition coefficient (Wildman–Crippen LogP) is 1.91. The molecule has 1 amide bonds. The van der Waals surface area contributed by atoms with Crippen molar-refractivity contribution in [1.82, 2.24) is 19.3 Å². The van der Waals surface area contributed by atoms with E-state index >= 15 is 0 Å². The van der Waals surface area contributed by atoms with E-state index in [4.69, 9.17) is 4.74 Å². The first-order valence-electron chi connectivity index (χ1n) is 8.96. The van der Waals surface area contributed by atoms with Crippen LogP contribution in [0.4, 0.5) is 5.69 Å².